The first-order valence-corrected chi connectivity index (χ1v) is 6.79. The summed E-state index contributed by atoms with van der Waals surface area (Å²) in [5.74, 6) is 6.02. The fourth-order valence-electron chi connectivity index (χ4n) is 2.00. The summed E-state index contributed by atoms with van der Waals surface area (Å²) in [7, 11) is 0. The first-order chi connectivity index (χ1) is 10.8. The van der Waals surface area contributed by atoms with Crippen LogP contribution in [-0.2, 0) is 6.18 Å². The van der Waals surface area contributed by atoms with Gasteiger partial charge in [-0.2, -0.15) is 13.2 Å². The van der Waals surface area contributed by atoms with Gasteiger partial charge in [-0.1, -0.05) is 17.9 Å². The maximum Gasteiger partial charge on any atom is 0.416 e. The number of hydrogen-bond donors (Lipinski definition) is 1. The molecule has 2 rings (SSSR count). The summed E-state index contributed by atoms with van der Waals surface area (Å²) < 4.78 is 43.0. The molecule has 0 aliphatic heterocycles. The molecule has 0 saturated carbocycles. The van der Waals surface area contributed by atoms with E-state index in [2.05, 4.69) is 17.2 Å². The third kappa shape index (κ3) is 4.39. The molecule has 0 aliphatic rings. The molecule has 1 N–H and O–H groups in total. The molecule has 1 aromatic carbocycles. The SMILES string of the molecule is Cc1cc(C(=O)NCC#Cc2cccc(C(F)(F)F)c2)c(C)o1. The molecular weight excluding hydrogens is 307 g/mol. The van der Waals surface area contributed by atoms with E-state index in [1.807, 2.05) is 0 Å². The molecule has 1 amide bonds. The standard InChI is InChI=1S/C17H14F3NO2/c1-11-9-15(12(2)23-11)16(22)21-8-4-6-13-5-3-7-14(10-13)17(18,19)20/h3,5,7,9-10H,8H2,1-2H3,(H,21,22). The van der Waals surface area contributed by atoms with E-state index in [0.717, 1.165) is 12.1 Å². The average Bonchev–Trinajstić information content (AvgIpc) is 2.82. The summed E-state index contributed by atoms with van der Waals surface area (Å²) in [6.07, 6.45) is -4.40. The van der Waals surface area contributed by atoms with Crippen molar-refractivity contribution in [2.75, 3.05) is 6.54 Å². The number of furan rings is 1. The van der Waals surface area contributed by atoms with Crippen molar-refractivity contribution >= 4 is 5.91 Å². The Bertz CT molecular complexity index is 779. The number of nitrogens with one attached hydrogen (secondary N) is 1. The molecule has 0 radical (unpaired) electrons. The van der Waals surface area contributed by atoms with Crippen molar-refractivity contribution in [1.29, 1.82) is 0 Å². The highest BCUT2D eigenvalue weighted by Crippen LogP contribution is 2.29. The zero-order chi connectivity index (χ0) is 17.0. The number of rotatable bonds is 2. The van der Waals surface area contributed by atoms with E-state index in [-0.39, 0.29) is 18.0 Å². The van der Waals surface area contributed by atoms with Gasteiger partial charge in [0.05, 0.1) is 17.7 Å². The zero-order valence-electron chi connectivity index (χ0n) is 12.5. The van der Waals surface area contributed by atoms with Gasteiger partial charge in [0.1, 0.15) is 11.5 Å². The van der Waals surface area contributed by atoms with Crippen LogP contribution in [0.3, 0.4) is 0 Å². The van der Waals surface area contributed by atoms with Crippen LogP contribution in [-0.4, -0.2) is 12.5 Å². The third-order valence-corrected chi connectivity index (χ3v) is 3.05. The van der Waals surface area contributed by atoms with Gasteiger partial charge in [0.25, 0.3) is 5.91 Å². The van der Waals surface area contributed by atoms with Gasteiger partial charge < -0.3 is 9.73 Å². The second-order valence-electron chi connectivity index (χ2n) is 4.89. The molecule has 0 atom stereocenters. The van der Waals surface area contributed by atoms with Crippen molar-refractivity contribution in [1.82, 2.24) is 5.32 Å². The van der Waals surface area contributed by atoms with Crippen LogP contribution in [0.2, 0.25) is 0 Å². The smallest absolute Gasteiger partial charge is 0.416 e. The molecule has 23 heavy (non-hydrogen) atoms. The molecule has 1 aromatic heterocycles. The lowest BCUT2D eigenvalue weighted by Crippen LogP contribution is -2.23. The number of carbonyl (C=O) groups is 1. The molecule has 3 nitrogen and oxygen atoms in total. The molecule has 0 spiro atoms. The first kappa shape index (κ1) is 16.7. The van der Waals surface area contributed by atoms with Crippen LogP contribution in [0.4, 0.5) is 13.2 Å². The number of alkyl halides is 3. The van der Waals surface area contributed by atoms with Crippen LogP contribution in [0, 0.1) is 25.7 Å². The topological polar surface area (TPSA) is 42.2 Å². The molecule has 1 heterocycles. The minimum atomic E-state index is -4.40. The molecule has 0 saturated heterocycles. The highest BCUT2D eigenvalue weighted by Gasteiger charge is 2.30. The van der Waals surface area contributed by atoms with Crippen LogP contribution in [0.25, 0.3) is 0 Å². The molecule has 0 unspecified atom stereocenters. The molecule has 2 aromatic rings. The molecule has 0 aliphatic carbocycles. The van der Waals surface area contributed by atoms with Gasteiger partial charge in [-0.25, -0.2) is 0 Å². The van der Waals surface area contributed by atoms with Gasteiger partial charge in [-0.3, -0.25) is 4.79 Å². The molecule has 6 heteroatoms. The average molecular weight is 321 g/mol. The van der Waals surface area contributed by atoms with E-state index in [0.29, 0.717) is 17.1 Å². The van der Waals surface area contributed by atoms with E-state index in [9.17, 15) is 18.0 Å². The summed E-state index contributed by atoms with van der Waals surface area (Å²) in [5, 5.41) is 2.57. The lowest BCUT2D eigenvalue weighted by molar-refractivity contribution is -0.137. The second kappa shape index (κ2) is 6.61. The number of carbonyl (C=O) groups excluding carboxylic acids is 1. The number of aryl methyl sites for hydroxylation is 2. The van der Waals surface area contributed by atoms with Crippen molar-refractivity contribution in [2.45, 2.75) is 20.0 Å². The number of halogens is 3. The monoisotopic (exact) mass is 321 g/mol. The van der Waals surface area contributed by atoms with Crippen LogP contribution < -0.4 is 5.32 Å². The number of hydrogen-bond acceptors (Lipinski definition) is 2. The highest BCUT2D eigenvalue weighted by atomic mass is 19.4. The summed E-state index contributed by atoms with van der Waals surface area (Å²) in [6.45, 7) is 3.44. The predicted octanol–water partition coefficient (Wildman–Crippen LogP) is 3.70. The highest BCUT2D eigenvalue weighted by molar-refractivity contribution is 5.95. The Morgan fingerprint density at radius 1 is 1.26 bits per heavy atom. The van der Waals surface area contributed by atoms with Crippen LogP contribution in [0.1, 0.15) is 33.0 Å². The van der Waals surface area contributed by atoms with E-state index in [1.54, 1.807) is 19.9 Å². The number of benzene rings is 1. The van der Waals surface area contributed by atoms with E-state index in [4.69, 9.17) is 4.42 Å². The summed E-state index contributed by atoms with van der Waals surface area (Å²) in [4.78, 5) is 11.9. The fourth-order valence-corrected chi connectivity index (χ4v) is 2.00. The molecule has 120 valence electrons. The Labute approximate surface area is 131 Å². The van der Waals surface area contributed by atoms with Gasteiger partial charge in [0.2, 0.25) is 0 Å². The normalized spacial score (nSPS) is 10.8. The zero-order valence-corrected chi connectivity index (χ0v) is 12.5. The van der Waals surface area contributed by atoms with Gasteiger partial charge in [-0.05, 0) is 38.1 Å². The van der Waals surface area contributed by atoms with Gasteiger partial charge in [0.15, 0.2) is 0 Å². The maximum atomic E-state index is 12.6. The van der Waals surface area contributed by atoms with E-state index in [1.165, 1.54) is 12.1 Å². The fraction of sp³-hybridized carbons (Fsp3) is 0.235. The van der Waals surface area contributed by atoms with Crippen molar-refractivity contribution in [2.24, 2.45) is 0 Å². The molecule has 0 bridgehead atoms. The van der Waals surface area contributed by atoms with Crippen LogP contribution in [0.15, 0.2) is 34.7 Å². The minimum absolute atomic E-state index is 0.0265. The Morgan fingerprint density at radius 3 is 2.61 bits per heavy atom. The van der Waals surface area contributed by atoms with Crippen molar-refractivity contribution in [3.05, 3.63) is 58.5 Å². The summed E-state index contributed by atoms with van der Waals surface area (Å²) >= 11 is 0. The van der Waals surface area contributed by atoms with Crippen molar-refractivity contribution in [3.8, 4) is 11.8 Å². The second-order valence-corrected chi connectivity index (χ2v) is 4.89. The lowest BCUT2D eigenvalue weighted by Gasteiger charge is -2.05. The Hall–Kier alpha value is -2.68. The van der Waals surface area contributed by atoms with Gasteiger partial charge >= 0.3 is 6.18 Å². The van der Waals surface area contributed by atoms with Crippen molar-refractivity contribution < 1.29 is 22.4 Å². The maximum absolute atomic E-state index is 12.6. The van der Waals surface area contributed by atoms with E-state index < -0.39 is 11.7 Å². The summed E-state index contributed by atoms with van der Waals surface area (Å²) in [5.41, 5.74) is -0.0920. The Balaban J connectivity index is 1.99. The third-order valence-electron chi connectivity index (χ3n) is 3.05. The Kier molecular flexibility index (Phi) is 4.80. The van der Waals surface area contributed by atoms with Gasteiger partial charge in [-0.15, -0.1) is 0 Å². The van der Waals surface area contributed by atoms with Gasteiger partial charge in [0, 0.05) is 5.56 Å². The lowest BCUT2D eigenvalue weighted by atomic mass is 10.1. The van der Waals surface area contributed by atoms with Crippen LogP contribution >= 0.6 is 0 Å². The Morgan fingerprint density at radius 2 is 2.00 bits per heavy atom. The molecule has 0 fully saturated rings. The quantitative estimate of drug-likeness (QED) is 0.857. The molecular formula is C17H14F3NO2. The van der Waals surface area contributed by atoms with Crippen LogP contribution in [0.5, 0.6) is 0 Å². The van der Waals surface area contributed by atoms with Crippen molar-refractivity contribution in [3.63, 3.8) is 0 Å². The van der Waals surface area contributed by atoms with E-state index >= 15 is 0 Å². The number of amides is 1. The first-order valence-electron chi connectivity index (χ1n) is 6.79. The predicted molar refractivity (Wildman–Crippen MR) is 78.8 cm³/mol. The summed E-state index contributed by atoms with van der Waals surface area (Å²) in [6, 6.07) is 6.34. The largest absolute Gasteiger partial charge is 0.466 e. The minimum Gasteiger partial charge on any atom is -0.466 e.